The minimum absolute atomic E-state index is 0.175. The second-order valence-corrected chi connectivity index (χ2v) is 6.49. The lowest BCUT2D eigenvalue weighted by Gasteiger charge is -2.27. The summed E-state index contributed by atoms with van der Waals surface area (Å²) in [6.45, 7) is 2.82. The second-order valence-electron chi connectivity index (χ2n) is 4.45. The van der Waals surface area contributed by atoms with Crippen molar-refractivity contribution in [2.24, 2.45) is 5.92 Å². The first-order valence-corrected chi connectivity index (χ1v) is 7.33. The molecule has 15 heavy (non-hydrogen) atoms. The van der Waals surface area contributed by atoms with Crippen molar-refractivity contribution in [2.75, 3.05) is 19.3 Å². The van der Waals surface area contributed by atoms with Gasteiger partial charge in [-0.1, -0.05) is 19.8 Å². The molecule has 2 N–H and O–H groups in total. The van der Waals surface area contributed by atoms with Gasteiger partial charge in [0.1, 0.15) is 0 Å². The second kappa shape index (κ2) is 5.82. The fourth-order valence-corrected chi connectivity index (χ4v) is 2.71. The summed E-state index contributed by atoms with van der Waals surface area (Å²) >= 11 is 0. The average molecular weight is 234 g/mol. The van der Waals surface area contributed by atoms with Crippen molar-refractivity contribution in [2.45, 2.75) is 38.6 Å². The molecule has 2 atom stereocenters. The van der Waals surface area contributed by atoms with Crippen LogP contribution in [0, 0.1) is 5.92 Å². The highest BCUT2D eigenvalue weighted by Gasteiger charge is 2.18. The van der Waals surface area contributed by atoms with Crippen molar-refractivity contribution in [3.05, 3.63) is 0 Å². The molecule has 1 rings (SSSR count). The molecule has 5 heteroatoms. The molecule has 0 aromatic carbocycles. The predicted octanol–water partition coefficient (Wildman–Crippen LogP) is 0.704. The largest absolute Gasteiger partial charge is 0.313 e. The van der Waals surface area contributed by atoms with Gasteiger partial charge in [-0.3, -0.25) is 0 Å². The van der Waals surface area contributed by atoms with Gasteiger partial charge in [0.05, 0.1) is 5.75 Å². The van der Waals surface area contributed by atoms with Gasteiger partial charge in [0, 0.05) is 12.6 Å². The molecule has 0 aliphatic heterocycles. The van der Waals surface area contributed by atoms with Gasteiger partial charge in [-0.05, 0) is 25.8 Å². The summed E-state index contributed by atoms with van der Waals surface area (Å²) in [7, 11) is -1.59. The monoisotopic (exact) mass is 234 g/mol. The van der Waals surface area contributed by atoms with Crippen LogP contribution in [0.5, 0.6) is 0 Å². The van der Waals surface area contributed by atoms with Crippen molar-refractivity contribution in [3.8, 4) is 0 Å². The van der Waals surface area contributed by atoms with E-state index in [2.05, 4.69) is 17.0 Å². The first-order chi connectivity index (χ1) is 7.03. The molecule has 1 aliphatic carbocycles. The molecule has 0 spiro atoms. The lowest BCUT2D eigenvalue weighted by atomic mass is 9.87. The fraction of sp³-hybridized carbons (Fsp3) is 1.00. The van der Waals surface area contributed by atoms with Crippen LogP contribution in [-0.4, -0.2) is 33.8 Å². The third kappa shape index (κ3) is 4.95. The number of sulfonamides is 1. The van der Waals surface area contributed by atoms with Gasteiger partial charge in [0.15, 0.2) is 0 Å². The normalized spacial score (nSPS) is 27.9. The third-order valence-corrected chi connectivity index (χ3v) is 4.41. The van der Waals surface area contributed by atoms with Crippen LogP contribution in [0.4, 0.5) is 0 Å². The van der Waals surface area contributed by atoms with E-state index in [1.165, 1.54) is 32.7 Å². The van der Waals surface area contributed by atoms with Gasteiger partial charge >= 0.3 is 0 Å². The molecule has 90 valence electrons. The molecular formula is C10H22N2O2S. The minimum atomic E-state index is -3.05. The highest BCUT2D eigenvalue weighted by molar-refractivity contribution is 7.89. The number of hydrogen-bond donors (Lipinski definition) is 2. The molecule has 1 saturated carbocycles. The molecule has 0 bridgehead atoms. The first-order valence-electron chi connectivity index (χ1n) is 5.68. The Morgan fingerprint density at radius 3 is 2.67 bits per heavy atom. The molecule has 1 fully saturated rings. The molecular weight excluding hydrogens is 212 g/mol. The van der Waals surface area contributed by atoms with Crippen LogP contribution in [0.25, 0.3) is 0 Å². The van der Waals surface area contributed by atoms with E-state index in [4.69, 9.17) is 0 Å². The summed E-state index contributed by atoms with van der Waals surface area (Å²) in [5, 5.41) is 3.32. The van der Waals surface area contributed by atoms with Crippen LogP contribution in [0.1, 0.15) is 32.6 Å². The molecule has 0 aromatic rings. The summed E-state index contributed by atoms with van der Waals surface area (Å²) in [6.07, 6.45) is 4.94. The van der Waals surface area contributed by atoms with Crippen LogP contribution in [0.3, 0.4) is 0 Å². The molecule has 2 unspecified atom stereocenters. The van der Waals surface area contributed by atoms with Gasteiger partial charge in [-0.2, -0.15) is 0 Å². The van der Waals surface area contributed by atoms with E-state index in [-0.39, 0.29) is 5.75 Å². The average Bonchev–Trinajstić information content (AvgIpc) is 2.18. The molecule has 4 nitrogen and oxygen atoms in total. The summed E-state index contributed by atoms with van der Waals surface area (Å²) in [5.74, 6) is 0.950. The van der Waals surface area contributed by atoms with E-state index in [9.17, 15) is 8.42 Å². The fourth-order valence-electron chi connectivity index (χ4n) is 2.12. The van der Waals surface area contributed by atoms with E-state index < -0.39 is 10.0 Å². The highest BCUT2D eigenvalue weighted by atomic mass is 32.2. The Kier molecular flexibility index (Phi) is 5.02. The number of rotatable bonds is 5. The first kappa shape index (κ1) is 12.9. The van der Waals surface area contributed by atoms with Crippen LogP contribution in [0.2, 0.25) is 0 Å². The summed E-state index contributed by atoms with van der Waals surface area (Å²) < 4.78 is 24.6. The Labute approximate surface area is 92.9 Å². The van der Waals surface area contributed by atoms with Gasteiger partial charge in [0.25, 0.3) is 0 Å². The summed E-state index contributed by atoms with van der Waals surface area (Å²) in [4.78, 5) is 0. The molecule has 1 aliphatic rings. The van der Waals surface area contributed by atoms with Crippen LogP contribution in [-0.2, 0) is 10.0 Å². The maximum absolute atomic E-state index is 11.2. The molecule has 0 heterocycles. The standard InChI is InChI=1S/C10H22N2O2S/c1-9-4-3-5-10(8-9)12-6-7-15(13,14)11-2/h9-12H,3-8H2,1-2H3. The number of nitrogens with one attached hydrogen (secondary N) is 2. The SMILES string of the molecule is CNS(=O)(=O)CCNC1CCCC(C)C1. The highest BCUT2D eigenvalue weighted by Crippen LogP contribution is 2.23. The van der Waals surface area contributed by atoms with E-state index in [1.54, 1.807) is 0 Å². The Hall–Kier alpha value is -0.130. The van der Waals surface area contributed by atoms with Gasteiger partial charge < -0.3 is 5.32 Å². The van der Waals surface area contributed by atoms with Crippen molar-refractivity contribution in [1.29, 1.82) is 0 Å². The zero-order valence-electron chi connectivity index (χ0n) is 9.62. The molecule has 0 saturated heterocycles. The third-order valence-electron chi connectivity index (χ3n) is 3.05. The molecule has 0 radical (unpaired) electrons. The summed E-state index contributed by atoms with van der Waals surface area (Å²) in [5.41, 5.74) is 0. The maximum atomic E-state index is 11.2. The Bertz CT molecular complexity index is 277. The van der Waals surface area contributed by atoms with E-state index in [0.29, 0.717) is 12.6 Å². The quantitative estimate of drug-likeness (QED) is 0.736. The number of hydrogen-bond acceptors (Lipinski definition) is 3. The van der Waals surface area contributed by atoms with Crippen LogP contribution in [0.15, 0.2) is 0 Å². The van der Waals surface area contributed by atoms with Crippen LogP contribution < -0.4 is 10.0 Å². The van der Waals surface area contributed by atoms with Crippen molar-refractivity contribution >= 4 is 10.0 Å². The van der Waals surface area contributed by atoms with Crippen LogP contribution >= 0.6 is 0 Å². The lowest BCUT2D eigenvalue weighted by Crippen LogP contribution is -2.38. The summed E-state index contributed by atoms with van der Waals surface area (Å²) in [6, 6.07) is 0.515. The van der Waals surface area contributed by atoms with Gasteiger partial charge in [-0.15, -0.1) is 0 Å². The van der Waals surface area contributed by atoms with Crippen molar-refractivity contribution < 1.29 is 8.42 Å². The Morgan fingerprint density at radius 1 is 1.33 bits per heavy atom. The minimum Gasteiger partial charge on any atom is -0.313 e. The van der Waals surface area contributed by atoms with Gasteiger partial charge in [0.2, 0.25) is 10.0 Å². The van der Waals surface area contributed by atoms with E-state index in [1.807, 2.05) is 0 Å². The Morgan fingerprint density at radius 2 is 2.07 bits per heavy atom. The zero-order chi connectivity index (χ0) is 11.3. The van der Waals surface area contributed by atoms with E-state index in [0.717, 1.165) is 5.92 Å². The predicted molar refractivity (Wildman–Crippen MR) is 62.3 cm³/mol. The smallest absolute Gasteiger partial charge is 0.212 e. The van der Waals surface area contributed by atoms with Crippen molar-refractivity contribution in [3.63, 3.8) is 0 Å². The lowest BCUT2D eigenvalue weighted by molar-refractivity contribution is 0.305. The molecule has 0 amide bonds. The topological polar surface area (TPSA) is 58.2 Å². The Balaban J connectivity index is 2.20. The van der Waals surface area contributed by atoms with E-state index >= 15 is 0 Å². The maximum Gasteiger partial charge on any atom is 0.212 e. The van der Waals surface area contributed by atoms with Crippen molar-refractivity contribution in [1.82, 2.24) is 10.0 Å². The zero-order valence-corrected chi connectivity index (χ0v) is 10.4. The van der Waals surface area contributed by atoms with Gasteiger partial charge in [-0.25, -0.2) is 13.1 Å². The molecule has 0 aromatic heterocycles.